The number of ether oxygens (including phenoxy) is 1. The summed E-state index contributed by atoms with van der Waals surface area (Å²) in [5.41, 5.74) is 1.28. The number of hydrogen-bond acceptors (Lipinski definition) is 5. The van der Waals surface area contributed by atoms with Crippen molar-refractivity contribution >= 4 is 23.6 Å². The molecule has 3 N–H and O–H groups in total. The second-order valence-corrected chi connectivity index (χ2v) is 6.05. The molecular formula is C19H29N5O2. The second kappa shape index (κ2) is 11.1. The standard InChI is InChI=1S/C19H29N5O2/c1-3-26-17(25)15-10-9-11-16(14-15)23-19-22-13-8-6-4-5-7-12-21-18(20-2)24-19/h9-11,14H,3-8,12-13H2,1-2H3,(H3,20,21,22,23,24). The Hall–Kier alpha value is -2.57. The van der Waals surface area contributed by atoms with Crippen molar-refractivity contribution in [2.24, 2.45) is 9.98 Å². The number of nitrogens with one attached hydrogen (secondary N) is 3. The van der Waals surface area contributed by atoms with Crippen molar-refractivity contribution in [3.05, 3.63) is 29.8 Å². The van der Waals surface area contributed by atoms with Crippen molar-refractivity contribution in [3.8, 4) is 0 Å². The summed E-state index contributed by atoms with van der Waals surface area (Å²) < 4.78 is 5.06. The third-order valence-corrected chi connectivity index (χ3v) is 3.99. The van der Waals surface area contributed by atoms with Gasteiger partial charge >= 0.3 is 5.97 Å². The van der Waals surface area contributed by atoms with Gasteiger partial charge < -0.3 is 15.4 Å². The van der Waals surface area contributed by atoms with Gasteiger partial charge in [-0.3, -0.25) is 15.3 Å². The molecule has 0 spiro atoms. The topological polar surface area (TPSA) is 87.1 Å². The molecule has 7 nitrogen and oxygen atoms in total. The van der Waals surface area contributed by atoms with E-state index in [1.807, 2.05) is 12.1 Å². The molecule has 26 heavy (non-hydrogen) atoms. The van der Waals surface area contributed by atoms with Crippen LogP contribution in [0.5, 0.6) is 0 Å². The quantitative estimate of drug-likeness (QED) is 0.723. The van der Waals surface area contributed by atoms with Crippen molar-refractivity contribution in [1.29, 1.82) is 0 Å². The highest BCUT2D eigenvalue weighted by atomic mass is 16.5. The molecule has 0 fully saturated rings. The summed E-state index contributed by atoms with van der Waals surface area (Å²) in [5.74, 6) is 0.959. The Balaban J connectivity index is 2.11. The number of hydrogen-bond donors (Lipinski definition) is 3. The molecule has 1 aliphatic heterocycles. The first-order chi connectivity index (χ1) is 12.7. The largest absolute Gasteiger partial charge is 0.462 e. The molecule has 0 saturated heterocycles. The maximum atomic E-state index is 11.9. The predicted molar refractivity (Wildman–Crippen MR) is 106 cm³/mol. The average Bonchev–Trinajstić information content (AvgIpc) is 2.64. The van der Waals surface area contributed by atoms with E-state index in [0.29, 0.717) is 24.1 Å². The molecule has 142 valence electrons. The van der Waals surface area contributed by atoms with Gasteiger partial charge in [0.15, 0.2) is 5.96 Å². The Bertz CT molecular complexity index is 643. The van der Waals surface area contributed by atoms with Gasteiger partial charge in [0.05, 0.1) is 12.2 Å². The highest BCUT2D eigenvalue weighted by Crippen LogP contribution is 2.12. The van der Waals surface area contributed by atoms with Crippen molar-refractivity contribution in [2.45, 2.75) is 39.0 Å². The number of carbonyl (C=O) groups excluding carboxylic acids is 1. The monoisotopic (exact) mass is 359 g/mol. The molecule has 7 heteroatoms. The molecule has 0 aliphatic carbocycles. The van der Waals surface area contributed by atoms with Crippen LogP contribution in [-0.2, 0) is 4.74 Å². The summed E-state index contributed by atoms with van der Waals surface area (Å²) in [6.07, 6.45) is 5.82. The van der Waals surface area contributed by atoms with E-state index in [2.05, 4.69) is 25.9 Å². The van der Waals surface area contributed by atoms with Crippen molar-refractivity contribution in [1.82, 2.24) is 10.6 Å². The molecule has 1 aromatic rings. The zero-order valence-corrected chi connectivity index (χ0v) is 15.7. The van der Waals surface area contributed by atoms with Crippen LogP contribution in [0, 0.1) is 0 Å². The highest BCUT2D eigenvalue weighted by molar-refractivity contribution is 6.05. The van der Waals surface area contributed by atoms with Crippen molar-refractivity contribution < 1.29 is 9.53 Å². The fourth-order valence-electron chi connectivity index (χ4n) is 2.64. The molecule has 0 unspecified atom stereocenters. The Morgan fingerprint density at radius 2 is 2.08 bits per heavy atom. The maximum Gasteiger partial charge on any atom is 0.338 e. The first-order valence-electron chi connectivity index (χ1n) is 9.29. The van der Waals surface area contributed by atoms with Crippen molar-refractivity contribution in [3.63, 3.8) is 0 Å². The minimum Gasteiger partial charge on any atom is -0.462 e. The van der Waals surface area contributed by atoms with Gasteiger partial charge in [-0.25, -0.2) is 4.79 Å². The lowest BCUT2D eigenvalue weighted by Crippen LogP contribution is -2.44. The van der Waals surface area contributed by atoms with Crippen LogP contribution in [0.2, 0.25) is 0 Å². The van der Waals surface area contributed by atoms with E-state index in [4.69, 9.17) is 4.74 Å². The summed E-state index contributed by atoms with van der Waals surface area (Å²) in [7, 11) is 1.74. The fraction of sp³-hybridized carbons (Fsp3) is 0.526. The smallest absolute Gasteiger partial charge is 0.338 e. The van der Waals surface area contributed by atoms with Crippen LogP contribution < -0.4 is 16.0 Å². The van der Waals surface area contributed by atoms with Crippen molar-refractivity contribution in [2.75, 3.05) is 32.1 Å². The minimum atomic E-state index is -0.331. The lowest BCUT2D eigenvalue weighted by molar-refractivity contribution is 0.0526. The predicted octanol–water partition coefficient (Wildman–Crippen LogP) is 2.76. The number of benzene rings is 1. The zero-order chi connectivity index (χ0) is 18.6. The van der Waals surface area contributed by atoms with E-state index in [9.17, 15) is 4.79 Å². The van der Waals surface area contributed by atoms with Crippen LogP contribution in [0.15, 0.2) is 34.3 Å². The number of esters is 1. The van der Waals surface area contributed by atoms with E-state index in [-0.39, 0.29) is 5.97 Å². The summed E-state index contributed by atoms with van der Waals surface area (Å²) in [4.78, 5) is 20.8. The fourth-order valence-corrected chi connectivity index (χ4v) is 2.64. The molecule has 0 amide bonds. The van der Waals surface area contributed by atoms with E-state index in [1.165, 1.54) is 19.3 Å². The van der Waals surface area contributed by atoms with E-state index in [0.717, 1.165) is 31.6 Å². The summed E-state index contributed by atoms with van der Waals surface area (Å²) in [6, 6.07) is 7.20. The Kier molecular flexibility index (Phi) is 8.45. The first-order valence-corrected chi connectivity index (χ1v) is 9.29. The number of carbonyl (C=O) groups is 1. The van der Waals surface area contributed by atoms with Gasteiger partial charge in [0.1, 0.15) is 0 Å². The maximum absolute atomic E-state index is 11.9. The van der Waals surface area contributed by atoms with Crippen LogP contribution in [0.3, 0.4) is 0 Å². The average molecular weight is 359 g/mol. The van der Waals surface area contributed by atoms with Gasteiger partial charge in [-0.15, -0.1) is 0 Å². The zero-order valence-electron chi connectivity index (χ0n) is 15.7. The highest BCUT2D eigenvalue weighted by Gasteiger charge is 2.09. The molecule has 0 saturated carbocycles. The van der Waals surface area contributed by atoms with Crippen LogP contribution in [0.1, 0.15) is 49.4 Å². The number of anilines is 1. The first kappa shape index (κ1) is 19.8. The number of guanidine groups is 2. The summed E-state index contributed by atoms with van der Waals surface area (Å²) >= 11 is 0. The molecule has 0 radical (unpaired) electrons. The van der Waals surface area contributed by atoms with Gasteiger partial charge in [0.25, 0.3) is 0 Å². The Morgan fingerprint density at radius 1 is 1.27 bits per heavy atom. The Morgan fingerprint density at radius 3 is 2.88 bits per heavy atom. The second-order valence-electron chi connectivity index (χ2n) is 6.05. The third kappa shape index (κ3) is 6.74. The molecule has 0 bridgehead atoms. The molecule has 2 rings (SSSR count). The molecule has 0 atom stereocenters. The van der Waals surface area contributed by atoms with Crippen LogP contribution in [0.25, 0.3) is 0 Å². The molecular weight excluding hydrogens is 330 g/mol. The molecule has 1 aliphatic rings. The SMILES string of the molecule is CCOC(=O)c1cccc(NC2=NCCCCCCCNC(=NC)N2)c1. The van der Waals surface area contributed by atoms with Gasteiger partial charge in [-0.1, -0.05) is 25.3 Å². The number of aliphatic imine (C=N–C) groups is 2. The van der Waals surface area contributed by atoms with Crippen LogP contribution in [-0.4, -0.2) is 44.6 Å². The van der Waals surface area contributed by atoms with Crippen LogP contribution in [0.4, 0.5) is 5.69 Å². The van der Waals surface area contributed by atoms with Gasteiger partial charge in [-0.2, -0.15) is 0 Å². The summed E-state index contributed by atoms with van der Waals surface area (Å²) in [5, 5.41) is 9.74. The third-order valence-electron chi connectivity index (χ3n) is 3.99. The normalized spacial score (nSPS) is 17.8. The Labute approximate surface area is 155 Å². The molecule has 1 aromatic carbocycles. The van der Waals surface area contributed by atoms with Gasteiger partial charge in [-0.05, 0) is 38.0 Å². The van der Waals surface area contributed by atoms with E-state index in [1.54, 1.807) is 26.1 Å². The van der Waals surface area contributed by atoms with E-state index < -0.39 is 0 Å². The number of nitrogens with zero attached hydrogens (tertiary/aromatic N) is 2. The lowest BCUT2D eigenvalue weighted by atomic mass is 10.1. The molecule has 1 heterocycles. The lowest BCUT2D eigenvalue weighted by Gasteiger charge is -2.16. The molecule has 0 aromatic heterocycles. The number of rotatable bonds is 3. The van der Waals surface area contributed by atoms with Gasteiger partial charge in [0.2, 0.25) is 5.96 Å². The van der Waals surface area contributed by atoms with E-state index >= 15 is 0 Å². The van der Waals surface area contributed by atoms with Crippen LogP contribution >= 0.6 is 0 Å². The summed E-state index contributed by atoms with van der Waals surface area (Å²) in [6.45, 7) is 3.77. The van der Waals surface area contributed by atoms with Gasteiger partial charge in [0, 0.05) is 25.8 Å². The minimum absolute atomic E-state index is 0.331.